The van der Waals surface area contributed by atoms with Crippen molar-refractivity contribution in [3.05, 3.63) is 71.9 Å². The number of hydrogen-bond donors (Lipinski definition) is 1. The van der Waals surface area contributed by atoms with Gasteiger partial charge in [-0.1, -0.05) is 25.1 Å². The Morgan fingerprint density at radius 3 is 2.62 bits per heavy atom. The average Bonchev–Trinajstić information content (AvgIpc) is 3.75. The van der Waals surface area contributed by atoms with E-state index in [0.717, 1.165) is 103 Å². The molecule has 1 N–H and O–H groups in total. The monoisotopic (exact) mass is 647 g/mol. The van der Waals surface area contributed by atoms with Gasteiger partial charge in [-0.3, -0.25) is 19.1 Å². The molecule has 4 aromatic heterocycles. The molecule has 248 valence electrons. The van der Waals surface area contributed by atoms with Crippen LogP contribution in [0.25, 0.3) is 33.3 Å². The van der Waals surface area contributed by atoms with E-state index in [2.05, 4.69) is 69.2 Å². The lowest BCUT2D eigenvalue weighted by atomic mass is 9.93. The molecule has 0 spiro atoms. The number of hydrogen-bond acceptors (Lipinski definition) is 8. The Bertz CT molecular complexity index is 1960. The fraction of sp³-hybridized carbons (Fsp3) is 0.417. The van der Waals surface area contributed by atoms with Crippen molar-refractivity contribution in [3.63, 3.8) is 0 Å². The fourth-order valence-corrected chi connectivity index (χ4v) is 7.00. The summed E-state index contributed by atoms with van der Waals surface area (Å²) in [7, 11) is 0. The molecule has 2 aliphatic heterocycles. The molecule has 1 saturated heterocycles. The maximum Gasteiger partial charge on any atom is 0.356 e. The Morgan fingerprint density at radius 2 is 1.90 bits per heavy atom. The van der Waals surface area contributed by atoms with Crippen molar-refractivity contribution >= 4 is 28.5 Å². The number of aryl methyl sites for hydroxylation is 1. The summed E-state index contributed by atoms with van der Waals surface area (Å²) in [5.74, 6) is 0.331. The summed E-state index contributed by atoms with van der Waals surface area (Å²) < 4.78 is 4.19. The molecule has 0 aliphatic carbocycles. The third-order valence-electron chi connectivity index (χ3n) is 10.1. The van der Waals surface area contributed by atoms with E-state index in [-0.39, 0.29) is 17.6 Å². The van der Waals surface area contributed by atoms with Gasteiger partial charge in [-0.15, -0.1) is 10.2 Å². The smallest absolute Gasteiger partial charge is 0.356 e. The van der Waals surface area contributed by atoms with Crippen LogP contribution < -0.4 is 4.90 Å². The lowest BCUT2D eigenvalue weighted by molar-refractivity contribution is -0.129. The number of aromatic nitrogens is 7. The second kappa shape index (κ2) is 13.2. The molecule has 0 saturated carbocycles. The van der Waals surface area contributed by atoms with Crippen LogP contribution in [0, 0.1) is 5.92 Å². The highest BCUT2D eigenvalue weighted by Gasteiger charge is 2.29. The standard InChI is InChI=1S/C36H41N9O3/c1-4-23(2)45-33-13-16-43(24(3)46)22-30(33)35(41-45)28-7-5-6-26-18-32(37-20-29(26)28)27-19-38-44(21-27)17-12-25-10-14-42(15-11-25)34-9-8-31(36(47)48)39-40-34/h5-9,18-21,23,25H,4,10-17,22H2,1-3H3,(H,47,48). The number of aromatic carboxylic acids is 1. The van der Waals surface area contributed by atoms with Gasteiger partial charge in [0, 0.05) is 92.3 Å². The molecule has 12 heteroatoms. The van der Waals surface area contributed by atoms with Crippen molar-refractivity contribution < 1.29 is 14.7 Å². The van der Waals surface area contributed by atoms with Crippen molar-refractivity contribution in [2.24, 2.45) is 5.92 Å². The number of piperidine rings is 1. The van der Waals surface area contributed by atoms with Crippen molar-refractivity contribution in [1.82, 2.24) is 39.6 Å². The first-order chi connectivity index (χ1) is 23.3. The van der Waals surface area contributed by atoms with Crippen LogP contribution in [0.1, 0.15) is 74.2 Å². The Balaban J connectivity index is 1.04. The van der Waals surface area contributed by atoms with Crippen molar-refractivity contribution in [3.8, 4) is 22.5 Å². The van der Waals surface area contributed by atoms with E-state index in [1.165, 1.54) is 11.8 Å². The van der Waals surface area contributed by atoms with Crippen LogP contribution in [-0.4, -0.2) is 76.3 Å². The van der Waals surface area contributed by atoms with E-state index in [0.29, 0.717) is 12.5 Å². The number of fused-ring (bicyclic) bond motifs is 2. The minimum absolute atomic E-state index is 0.0395. The number of nitrogens with zero attached hydrogens (tertiary/aromatic N) is 9. The highest BCUT2D eigenvalue weighted by molar-refractivity contribution is 5.97. The van der Waals surface area contributed by atoms with Gasteiger partial charge in [-0.2, -0.15) is 10.2 Å². The lowest BCUT2D eigenvalue weighted by Gasteiger charge is -2.32. The number of rotatable bonds is 9. The van der Waals surface area contributed by atoms with Crippen LogP contribution in [0.3, 0.4) is 0 Å². The van der Waals surface area contributed by atoms with Crippen molar-refractivity contribution in [2.45, 2.75) is 72.0 Å². The number of carboxylic acids is 1. The SMILES string of the molecule is CCC(C)n1nc(-c2cccc3cc(-c4cnn(CCC5CCN(c6ccc(C(=O)O)nn6)CC5)c4)ncc23)c2c1CCN(C(C)=O)C2. The summed E-state index contributed by atoms with van der Waals surface area (Å²) in [6.45, 7) is 9.90. The summed E-state index contributed by atoms with van der Waals surface area (Å²) in [4.78, 5) is 32.4. The Hall–Kier alpha value is -5.13. The zero-order valence-electron chi connectivity index (χ0n) is 27.7. The van der Waals surface area contributed by atoms with Gasteiger partial charge < -0.3 is 14.9 Å². The van der Waals surface area contributed by atoms with Gasteiger partial charge >= 0.3 is 5.97 Å². The first kappa shape index (κ1) is 31.5. The molecule has 7 rings (SSSR count). The summed E-state index contributed by atoms with van der Waals surface area (Å²) in [5, 5.41) is 28.9. The Labute approximate surface area is 279 Å². The van der Waals surface area contributed by atoms with Gasteiger partial charge in [0.1, 0.15) is 0 Å². The molecule has 1 amide bonds. The van der Waals surface area contributed by atoms with Gasteiger partial charge in [0.2, 0.25) is 5.91 Å². The van der Waals surface area contributed by atoms with Gasteiger partial charge in [0.15, 0.2) is 11.5 Å². The molecular formula is C36H41N9O3. The first-order valence-corrected chi connectivity index (χ1v) is 16.9. The lowest BCUT2D eigenvalue weighted by Crippen LogP contribution is -2.35. The van der Waals surface area contributed by atoms with E-state index in [9.17, 15) is 9.59 Å². The summed E-state index contributed by atoms with van der Waals surface area (Å²) in [6, 6.07) is 12.0. The van der Waals surface area contributed by atoms with Gasteiger partial charge in [-0.25, -0.2) is 4.79 Å². The van der Waals surface area contributed by atoms with Crippen LogP contribution in [0.15, 0.2) is 55.0 Å². The van der Waals surface area contributed by atoms with Crippen LogP contribution >= 0.6 is 0 Å². The third-order valence-corrected chi connectivity index (χ3v) is 10.1. The predicted octanol–water partition coefficient (Wildman–Crippen LogP) is 5.63. The number of carbonyl (C=O) groups is 2. The van der Waals surface area contributed by atoms with E-state index in [1.807, 2.05) is 22.0 Å². The fourth-order valence-electron chi connectivity index (χ4n) is 7.00. The van der Waals surface area contributed by atoms with Crippen LogP contribution in [0.4, 0.5) is 5.82 Å². The zero-order valence-corrected chi connectivity index (χ0v) is 27.7. The molecule has 1 atom stereocenters. The van der Waals surface area contributed by atoms with Crippen molar-refractivity contribution in [1.29, 1.82) is 0 Å². The molecule has 1 fully saturated rings. The van der Waals surface area contributed by atoms with Crippen LogP contribution in [-0.2, 0) is 24.3 Å². The summed E-state index contributed by atoms with van der Waals surface area (Å²) in [5.41, 5.74) is 6.18. The molecule has 2 aliphatic rings. The summed E-state index contributed by atoms with van der Waals surface area (Å²) >= 11 is 0. The number of pyridine rings is 1. The maximum absolute atomic E-state index is 12.3. The second-order valence-electron chi connectivity index (χ2n) is 13.1. The number of benzene rings is 1. The molecule has 0 bridgehead atoms. The molecule has 48 heavy (non-hydrogen) atoms. The molecular weight excluding hydrogens is 606 g/mol. The van der Waals surface area contributed by atoms with Crippen LogP contribution in [0.2, 0.25) is 0 Å². The minimum atomic E-state index is -1.07. The second-order valence-corrected chi connectivity index (χ2v) is 13.1. The van der Waals surface area contributed by atoms with E-state index in [4.69, 9.17) is 15.2 Å². The summed E-state index contributed by atoms with van der Waals surface area (Å²) in [6.07, 6.45) is 10.8. The molecule has 1 unspecified atom stereocenters. The van der Waals surface area contributed by atoms with E-state index >= 15 is 0 Å². The average molecular weight is 648 g/mol. The van der Waals surface area contributed by atoms with E-state index in [1.54, 1.807) is 13.0 Å². The zero-order chi connectivity index (χ0) is 33.4. The Kier molecular flexibility index (Phi) is 8.63. The van der Waals surface area contributed by atoms with E-state index < -0.39 is 5.97 Å². The van der Waals surface area contributed by atoms with Gasteiger partial charge in [0.25, 0.3) is 0 Å². The minimum Gasteiger partial charge on any atom is -0.476 e. The normalized spacial score (nSPS) is 15.9. The molecule has 5 aromatic rings. The molecule has 6 heterocycles. The molecule has 1 aromatic carbocycles. The molecule has 12 nitrogen and oxygen atoms in total. The topological polar surface area (TPSA) is 135 Å². The number of anilines is 1. The number of carbonyl (C=O) groups excluding carboxylic acids is 1. The maximum atomic E-state index is 12.3. The largest absolute Gasteiger partial charge is 0.476 e. The highest BCUT2D eigenvalue weighted by atomic mass is 16.4. The first-order valence-electron chi connectivity index (χ1n) is 16.9. The Morgan fingerprint density at radius 1 is 1.06 bits per heavy atom. The van der Waals surface area contributed by atoms with Crippen molar-refractivity contribution in [2.75, 3.05) is 24.5 Å². The van der Waals surface area contributed by atoms with Gasteiger partial charge in [0.05, 0.1) is 17.6 Å². The third kappa shape index (κ3) is 6.14. The highest BCUT2D eigenvalue weighted by Crippen LogP contribution is 2.36. The predicted molar refractivity (Wildman–Crippen MR) is 183 cm³/mol. The van der Waals surface area contributed by atoms with Crippen LogP contribution in [0.5, 0.6) is 0 Å². The molecule has 0 radical (unpaired) electrons. The number of carboxylic acid groups (broad SMARTS) is 1. The number of amides is 1. The van der Waals surface area contributed by atoms with Gasteiger partial charge in [-0.05, 0) is 62.1 Å². The quantitative estimate of drug-likeness (QED) is 0.216.